The molecular weight excluding hydrogens is 234 g/mol. The molecule has 102 valence electrons. The van der Waals surface area contributed by atoms with Crippen molar-refractivity contribution in [3.8, 4) is 5.75 Å². The summed E-state index contributed by atoms with van der Waals surface area (Å²) in [7, 11) is 0. The third-order valence-electron chi connectivity index (χ3n) is 5.25. The first kappa shape index (κ1) is 12.7. The number of fused-ring (bicyclic) bond motifs is 4. The second kappa shape index (κ2) is 4.68. The van der Waals surface area contributed by atoms with E-state index in [-0.39, 0.29) is 11.5 Å². The minimum atomic E-state index is 0.0434. The van der Waals surface area contributed by atoms with Crippen LogP contribution >= 0.6 is 0 Å². The van der Waals surface area contributed by atoms with E-state index in [2.05, 4.69) is 25.1 Å². The van der Waals surface area contributed by atoms with Crippen molar-refractivity contribution in [3.05, 3.63) is 41.5 Å². The highest BCUT2D eigenvalue weighted by Crippen LogP contribution is 2.47. The highest BCUT2D eigenvalue weighted by molar-refractivity contribution is 5.44. The summed E-state index contributed by atoms with van der Waals surface area (Å²) in [5, 5.41) is 9.85. The number of aromatic hydroxyl groups is 1. The lowest BCUT2D eigenvalue weighted by molar-refractivity contribution is 0.209. The summed E-state index contributed by atoms with van der Waals surface area (Å²) in [6, 6.07) is 6.07. The first-order valence-electron chi connectivity index (χ1n) is 7.40. The van der Waals surface area contributed by atoms with Crippen molar-refractivity contribution >= 4 is 0 Å². The third-order valence-corrected chi connectivity index (χ3v) is 5.25. The first-order chi connectivity index (χ1) is 9.17. The van der Waals surface area contributed by atoms with Crippen molar-refractivity contribution in [1.29, 1.82) is 0 Å². The average molecular weight is 257 g/mol. The number of phenols is 1. The molecule has 0 fully saturated rings. The van der Waals surface area contributed by atoms with Gasteiger partial charge < -0.3 is 10.8 Å². The van der Waals surface area contributed by atoms with Crippen molar-refractivity contribution in [1.82, 2.24) is 0 Å². The van der Waals surface area contributed by atoms with E-state index < -0.39 is 0 Å². The average Bonchev–Trinajstić information content (AvgIpc) is 2.41. The van der Waals surface area contributed by atoms with Crippen LogP contribution in [0.5, 0.6) is 5.75 Å². The summed E-state index contributed by atoms with van der Waals surface area (Å²) in [5.41, 5.74) is 9.38. The van der Waals surface area contributed by atoms with Gasteiger partial charge in [0.2, 0.25) is 0 Å². The van der Waals surface area contributed by atoms with Crippen LogP contribution in [0.4, 0.5) is 0 Å². The van der Waals surface area contributed by atoms with Gasteiger partial charge in [-0.1, -0.05) is 25.1 Å². The summed E-state index contributed by atoms with van der Waals surface area (Å²) in [6.45, 7) is 2.24. The Morgan fingerprint density at radius 2 is 2.21 bits per heavy atom. The lowest BCUT2D eigenvalue weighted by Gasteiger charge is -2.48. The Morgan fingerprint density at radius 3 is 3.00 bits per heavy atom. The summed E-state index contributed by atoms with van der Waals surface area (Å²) in [4.78, 5) is 0. The zero-order chi connectivity index (χ0) is 13.5. The maximum atomic E-state index is 9.85. The van der Waals surface area contributed by atoms with Gasteiger partial charge in [0.15, 0.2) is 0 Å². The molecule has 0 spiro atoms. The quantitative estimate of drug-likeness (QED) is 0.758. The molecule has 3 rings (SSSR count). The Balaban J connectivity index is 2.17. The molecule has 2 aliphatic carbocycles. The molecule has 0 saturated carbocycles. The van der Waals surface area contributed by atoms with Crippen LogP contribution in [0.25, 0.3) is 0 Å². The lowest BCUT2D eigenvalue weighted by Crippen LogP contribution is -2.53. The number of hydrogen-bond acceptors (Lipinski definition) is 2. The van der Waals surface area contributed by atoms with Gasteiger partial charge in [-0.25, -0.2) is 0 Å². The molecule has 0 amide bonds. The van der Waals surface area contributed by atoms with Gasteiger partial charge in [-0.2, -0.15) is 0 Å². The Labute approximate surface area is 115 Å². The zero-order valence-corrected chi connectivity index (χ0v) is 11.6. The van der Waals surface area contributed by atoms with E-state index in [0.29, 0.717) is 11.7 Å². The monoisotopic (exact) mass is 257 g/mol. The van der Waals surface area contributed by atoms with E-state index in [9.17, 15) is 5.11 Å². The van der Waals surface area contributed by atoms with Crippen LogP contribution in [0.2, 0.25) is 0 Å². The standard InChI is InChI=1S/C17H23NO/c1-2-17-9-5-3-4-6-13(16(17)18)10-12-7-8-14(19)11-15(12)17/h3-4,7-8,11,13,16,19H,2,5-6,9-10,18H2,1H3/b4-3-/t13?,16-,17+/m0/s1. The van der Waals surface area contributed by atoms with Crippen LogP contribution in [-0.4, -0.2) is 11.1 Å². The van der Waals surface area contributed by atoms with Crippen molar-refractivity contribution in [2.75, 3.05) is 0 Å². The van der Waals surface area contributed by atoms with Gasteiger partial charge in [0.05, 0.1) is 0 Å². The summed E-state index contributed by atoms with van der Waals surface area (Å²) >= 11 is 0. The van der Waals surface area contributed by atoms with Crippen LogP contribution in [-0.2, 0) is 11.8 Å². The minimum absolute atomic E-state index is 0.0434. The maximum Gasteiger partial charge on any atom is 0.115 e. The smallest absolute Gasteiger partial charge is 0.115 e. The fourth-order valence-corrected chi connectivity index (χ4v) is 4.11. The molecule has 1 unspecified atom stereocenters. The Kier molecular flexibility index (Phi) is 3.14. The number of hydrogen-bond donors (Lipinski definition) is 2. The number of nitrogens with two attached hydrogens (primary N) is 1. The highest BCUT2D eigenvalue weighted by Gasteiger charge is 2.45. The van der Waals surface area contributed by atoms with Gasteiger partial charge in [0, 0.05) is 11.5 Å². The van der Waals surface area contributed by atoms with E-state index in [4.69, 9.17) is 5.73 Å². The predicted molar refractivity (Wildman–Crippen MR) is 78.2 cm³/mol. The Bertz CT molecular complexity index is 508. The molecule has 19 heavy (non-hydrogen) atoms. The van der Waals surface area contributed by atoms with Crippen LogP contribution in [0.3, 0.4) is 0 Å². The van der Waals surface area contributed by atoms with E-state index in [1.165, 1.54) is 11.1 Å². The molecule has 0 saturated heterocycles. The molecule has 1 aromatic rings. The van der Waals surface area contributed by atoms with E-state index >= 15 is 0 Å². The summed E-state index contributed by atoms with van der Waals surface area (Å²) in [5.74, 6) is 0.906. The zero-order valence-electron chi connectivity index (χ0n) is 11.6. The molecule has 2 bridgehead atoms. The SMILES string of the molecule is CC[C@@]12CC/C=C\CC(Cc3ccc(O)cc31)[C@@H]2N. The number of phenolic OH excluding ortho intramolecular Hbond substituents is 1. The molecular formula is C17H23NO. The van der Waals surface area contributed by atoms with Crippen LogP contribution in [0, 0.1) is 5.92 Å². The van der Waals surface area contributed by atoms with E-state index in [0.717, 1.165) is 32.1 Å². The van der Waals surface area contributed by atoms with Gasteiger partial charge in [-0.05, 0) is 61.3 Å². The van der Waals surface area contributed by atoms with Crippen molar-refractivity contribution < 1.29 is 5.11 Å². The number of benzene rings is 1. The normalized spacial score (nSPS) is 35.1. The Morgan fingerprint density at radius 1 is 1.37 bits per heavy atom. The fraction of sp³-hybridized carbons (Fsp3) is 0.529. The molecule has 2 nitrogen and oxygen atoms in total. The number of allylic oxidation sites excluding steroid dienone is 2. The van der Waals surface area contributed by atoms with Crippen molar-refractivity contribution in [3.63, 3.8) is 0 Å². The second-order valence-corrected chi connectivity index (χ2v) is 6.09. The van der Waals surface area contributed by atoms with Crippen LogP contribution in [0.1, 0.15) is 43.7 Å². The molecule has 1 aromatic carbocycles. The van der Waals surface area contributed by atoms with Gasteiger partial charge in [-0.15, -0.1) is 0 Å². The van der Waals surface area contributed by atoms with E-state index in [1.807, 2.05) is 12.1 Å². The molecule has 0 heterocycles. The van der Waals surface area contributed by atoms with Crippen molar-refractivity contribution in [2.45, 2.75) is 50.5 Å². The second-order valence-electron chi connectivity index (χ2n) is 6.09. The highest BCUT2D eigenvalue weighted by atomic mass is 16.3. The molecule has 0 aromatic heterocycles. The summed E-state index contributed by atoms with van der Waals surface area (Å²) in [6.07, 6.45) is 9.96. The molecule has 0 aliphatic heterocycles. The summed E-state index contributed by atoms with van der Waals surface area (Å²) < 4.78 is 0. The number of rotatable bonds is 1. The first-order valence-corrected chi connectivity index (χ1v) is 7.40. The van der Waals surface area contributed by atoms with E-state index in [1.54, 1.807) is 0 Å². The minimum Gasteiger partial charge on any atom is -0.508 e. The van der Waals surface area contributed by atoms with Crippen molar-refractivity contribution in [2.24, 2.45) is 11.7 Å². The lowest BCUT2D eigenvalue weighted by atomic mass is 9.58. The molecule has 2 heteroatoms. The largest absolute Gasteiger partial charge is 0.508 e. The molecule has 3 N–H and O–H groups in total. The van der Waals surface area contributed by atoms with Gasteiger partial charge in [-0.3, -0.25) is 0 Å². The van der Waals surface area contributed by atoms with Gasteiger partial charge >= 0.3 is 0 Å². The molecule has 0 radical (unpaired) electrons. The van der Waals surface area contributed by atoms with Gasteiger partial charge in [0.25, 0.3) is 0 Å². The predicted octanol–water partition coefficient (Wildman–Crippen LogP) is 3.28. The molecule has 3 atom stereocenters. The van der Waals surface area contributed by atoms with Crippen LogP contribution in [0.15, 0.2) is 30.4 Å². The topological polar surface area (TPSA) is 46.2 Å². The maximum absolute atomic E-state index is 9.85. The van der Waals surface area contributed by atoms with Crippen LogP contribution < -0.4 is 5.73 Å². The molecule has 2 aliphatic rings. The third kappa shape index (κ3) is 1.90. The Hall–Kier alpha value is -1.28. The van der Waals surface area contributed by atoms with Gasteiger partial charge in [0.1, 0.15) is 5.75 Å². The fourth-order valence-electron chi connectivity index (χ4n) is 4.11.